The molecule has 0 amide bonds. The second-order valence-electron chi connectivity index (χ2n) is 9.40. The van der Waals surface area contributed by atoms with Crippen LogP contribution in [0.2, 0.25) is 18.1 Å². The third-order valence-corrected chi connectivity index (χ3v) is 10.4. The second kappa shape index (κ2) is 9.21. The van der Waals surface area contributed by atoms with E-state index in [-0.39, 0.29) is 11.1 Å². The number of hydrogen-bond acceptors (Lipinski definition) is 4. The first-order chi connectivity index (χ1) is 12.3. The topological polar surface area (TPSA) is 84.6 Å². The van der Waals surface area contributed by atoms with E-state index in [1.165, 1.54) is 0 Å². The van der Waals surface area contributed by atoms with E-state index < -0.39 is 19.7 Å². The Hall–Kier alpha value is -1.37. The van der Waals surface area contributed by atoms with Crippen molar-refractivity contribution in [2.75, 3.05) is 18.5 Å². The highest BCUT2D eigenvalue weighted by Gasteiger charge is 2.37. The van der Waals surface area contributed by atoms with E-state index in [4.69, 9.17) is 10.2 Å². The van der Waals surface area contributed by atoms with Gasteiger partial charge in [-0.1, -0.05) is 32.9 Å². The highest BCUT2D eigenvalue weighted by molar-refractivity contribution is 6.74. The van der Waals surface area contributed by atoms with Crippen molar-refractivity contribution in [3.8, 4) is 0 Å². The molecule has 0 aromatic heterocycles. The first-order valence-corrected chi connectivity index (χ1v) is 12.6. The number of carboxylic acids is 1. The molecule has 0 spiro atoms. The summed E-state index contributed by atoms with van der Waals surface area (Å²) in [5.74, 6) is -0.852. The number of carboxylic acid groups (broad SMARTS) is 1. The molecule has 0 radical (unpaired) electrons. The third-order valence-electron chi connectivity index (χ3n) is 5.88. The molecule has 1 unspecified atom stereocenters. The van der Waals surface area contributed by atoms with Gasteiger partial charge in [0.15, 0.2) is 8.32 Å². The first-order valence-electron chi connectivity index (χ1n) is 9.73. The van der Waals surface area contributed by atoms with Gasteiger partial charge in [0.25, 0.3) is 0 Å². The van der Waals surface area contributed by atoms with Gasteiger partial charge in [-0.05, 0) is 62.5 Å². The minimum absolute atomic E-state index is 0.227. The third kappa shape index (κ3) is 6.94. The largest absolute Gasteiger partial charge is 0.481 e. The van der Waals surface area contributed by atoms with Crippen molar-refractivity contribution < 1.29 is 14.3 Å². The highest BCUT2D eigenvalue weighted by Crippen LogP contribution is 2.36. The van der Waals surface area contributed by atoms with Crippen molar-refractivity contribution in [3.63, 3.8) is 0 Å². The Morgan fingerprint density at radius 2 is 1.74 bits per heavy atom. The number of rotatable bonds is 10. The van der Waals surface area contributed by atoms with E-state index in [2.05, 4.69) is 63.4 Å². The summed E-state index contributed by atoms with van der Waals surface area (Å²) in [5.41, 5.74) is 7.39. The fourth-order valence-electron chi connectivity index (χ4n) is 2.35. The molecule has 5 nitrogen and oxygen atoms in total. The average Bonchev–Trinajstić information content (AvgIpc) is 2.56. The summed E-state index contributed by atoms with van der Waals surface area (Å²) in [7, 11) is -1.69. The molecule has 0 fully saturated rings. The van der Waals surface area contributed by atoms with Crippen LogP contribution in [0.15, 0.2) is 24.3 Å². The number of aryl methyl sites for hydroxylation is 1. The van der Waals surface area contributed by atoms with Crippen LogP contribution in [0.1, 0.15) is 46.6 Å². The highest BCUT2D eigenvalue weighted by atomic mass is 28.4. The molecular weight excluding hydrogens is 356 g/mol. The predicted molar refractivity (Wildman–Crippen MR) is 116 cm³/mol. The lowest BCUT2D eigenvalue weighted by molar-refractivity contribution is -0.148. The lowest BCUT2D eigenvalue weighted by Crippen LogP contribution is -2.43. The maximum atomic E-state index is 11.3. The van der Waals surface area contributed by atoms with Gasteiger partial charge in [0.05, 0.1) is 12.0 Å². The van der Waals surface area contributed by atoms with Crippen molar-refractivity contribution >= 4 is 20.0 Å². The Bertz CT molecular complexity index is 607. The van der Waals surface area contributed by atoms with Crippen LogP contribution in [0.5, 0.6) is 0 Å². The van der Waals surface area contributed by atoms with Gasteiger partial charge in [-0.25, -0.2) is 0 Å². The minimum Gasteiger partial charge on any atom is -0.481 e. The van der Waals surface area contributed by atoms with Crippen molar-refractivity contribution in [1.82, 2.24) is 0 Å². The van der Waals surface area contributed by atoms with E-state index in [1.54, 1.807) is 13.8 Å². The summed E-state index contributed by atoms with van der Waals surface area (Å²) in [6.07, 6.45) is 1.42. The summed E-state index contributed by atoms with van der Waals surface area (Å²) >= 11 is 0. The second-order valence-corrected chi connectivity index (χ2v) is 14.2. The fraction of sp³-hybridized carbons (Fsp3) is 0.667. The maximum absolute atomic E-state index is 11.3. The lowest BCUT2D eigenvalue weighted by atomic mass is 9.82. The molecular formula is C21H38N2O3Si. The Kier molecular flexibility index (Phi) is 8.08. The van der Waals surface area contributed by atoms with Crippen LogP contribution in [-0.4, -0.2) is 38.6 Å². The molecule has 0 aliphatic heterocycles. The molecule has 0 aliphatic rings. The van der Waals surface area contributed by atoms with Crippen LogP contribution in [0, 0.1) is 5.41 Å². The molecule has 27 heavy (non-hydrogen) atoms. The zero-order chi connectivity index (χ0) is 20.9. The Morgan fingerprint density at radius 3 is 2.22 bits per heavy atom. The normalized spacial score (nSPS) is 14.1. The van der Waals surface area contributed by atoms with Crippen molar-refractivity contribution in [3.05, 3.63) is 29.8 Å². The van der Waals surface area contributed by atoms with Gasteiger partial charge in [0.1, 0.15) is 0 Å². The maximum Gasteiger partial charge on any atom is 0.310 e. The summed E-state index contributed by atoms with van der Waals surface area (Å²) in [5, 5.41) is 12.9. The van der Waals surface area contributed by atoms with Gasteiger partial charge in [-0.2, -0.15) is 0 Å². The fourth-order valence-corrected chi connectivity index (χ4v) is 3.39. The molecule has 0 saturated carbocycles. The molecule has 6 heteroatoms. The van der Waals surface area contributed by atoms with Gasteiger partial charge in [-0.3, -0.25) is 4.79 Å². The van der Waals surface area contributed by atoms with Gasteiger partial charge >= 0.3 is 5.97 Å². The van der Waals surface area contributed by atoms with Crippen molar-refractivity contribution in [2.24, 2.45) is 11.1 Å². The van der Waals surface area contributed by atoms with E-state index >= 15 is 0 Å². The Morgan fingerprint density at radius 1 is 1.19 bits per heavy atom. The molecule has 0 heterocycles. The number of benzene rings is 1. The van der Waals surface area contributed by atoms with Gasteiger partial charge in [-0.15, -0.1) is 0 Å². The van der Waals surface area contributed by atoms with Gasteiger partial charge in [0, 0.05) is 18.3 Å². The van der Waals surface area contributed by atoms with Crippen LogP contribution in [0.4, 0.5) is 5.69 Å². The van der Waals surface area contributed by atoms with Crippen LogP contribution >= 0.6 is 0 Å². The van der Waals surface area contributed by atoms with Crippen LogP contribution in [-0.2, 0) is 15.6 Å². The number of nitrogens with one attached hydrogen (secondary N) is 1. The number of aliphatic carboxylic acids is 1. The summed E-state index contributed by atoms with van der Waals surface area (Å²) in [6, 6.07) is 7.86. The monoisotopic (exact) mass is 394 g/mol. The van der Waals surface area contributed by atoms with Gasteiger partial charge < -0.3 is 20.6 Å². The SMILES string of the molecule is CC(C)(C(=O)O)C(N)CCc1ccc(NCCO[Si](C)(C)C(C)(C)C)cc1. The zero-order valence-corrected chi connectivity index (χ0v) is 19.1. The summed E-state index contributed by atoms with van der Waals surface area (Å²) < 4.78 is 6.17. The molecule has 0 bridgehead atoms. The minimum atomic E-state index is -1.69. The van der Waals surface area contributed by atoms with Crippen molar-refractivity contribution in [1.29, 1.82) is 0 Å². The quantitative estimate of drug-likeness (QED) is 0.402. The molecule has 0 saturated heterocycles. The zero-order valence-electron chi connectivity index (χ0n) is 18.1. The standard InChI is InChI=1S/C21H38N2O3Si/c1-20(2,3)27(6,7)26-15-14-23-17-11-8-16(9-12-17)10-13-18(22)21(4,5)19(24)25/h8-9,11-12,18,23H,10,13-15,22H2,1-7H3,(H,24,25). The van der Waals surface area contributed by atoms with E-state index in [0.717, 1.165) is 24.2 Å². The first kappa shape index (κ1) is 23.7. The molecule has 0 aliphatic carbocycles. The van der Waals surface area contributed by atoms with Crippen molar-refractivity contribution in [2.45, 2.75) is 71.6 Å². The molecule has 1 aromatic carbocycles. The number of anilines is 1. The molecule has 4 N–H and O–H groups in total. The Balaban J connectivity index is 2.43. The van der Waals surface area contributed by atoms with Crippen LogP contribution in [0.3, 0.4) is 0 Å². The van der Waals surface area contributed by atoms with Gasteiger partial charge in [0.2, 0.25) is 0 Å². The average molecular weight is 395 g/mol. The predicted octanol–water partition coefficient (Wildman–Crippen LogP) is 4.49. The number of nitrogens with two attached hydrogens (primary N) is 1. The molecule has 154 valence electrons. The molecule has 1 rings (SSSR count). The summed E-state index contributed by atoms with van der Waals surface area (Å²) in [4.78, 5) is 11.3. The smallest absolute Gasteiger partial charge is 0.310 e. The number of hydrogen-bond donors (Lipinski definition) is 3. The van der Waals surface area contributed by atoms with E-state index in [9.17, 15) is 9.90 Å². The summed E-state index contributed by atoms with van der Waals surface area (Å²) in [6.45, 7) is 16.1. The molecule has 1 aromatic rings. The molecule has 1 atom stereocenters. The van der Waals surface area contributed by atoms with Crippen LogP contribution < -0.4 is 11.1 Å². The van der Waals surface area contributed by atoms with E-state index in [1.807, 2.05) is 0 Å². The van der Waals surface area contributed by atoms with E-state index in [0.29, 0.717) is 13.0 Å². The van der Waals surface area contributed by atoms with Crippen LogP contribution in [0.25, 0.3) is 0 Å². The Labute approximate surface area is 165 Å². The number of carbonyl (C=O) groups is 1. The lowest BCUT2D eigenvalue weighted by Gasteiger charge is -2.36.